The second kappa shape index (κ2) is 5.67. The molecule has 4 nitrogen and oxygen atoms in total. The Balaban J connectivity index is 1.63. The summed E-state index contributed by atoms with van der Waals surface area (Å²) in [6.07, 6.45) is 5.40. The lowest BCUT2D eigenvalue weighted by molar-refractivity contribution is 0.0911. The van der Waals surface area contributed by atoms with Crippen molar-refractivity contribution >= 4 is 16.8 Å². The molecule has 1 aromatic heterocycles. The Morgan fingerprint density at radius 2 is 2.05 bits per heavy atom. The number of carbonyl (C=O) groups excluding carboxylic acids is 1. The first-order valence-corrected chi connectivity index (χ1v) is 7.26. The quantitative estimate of drug-likeness (QED) is 0.803. The third kappa shape index (κ3) is 2.70. The maximum Gasteiger partial charge on any atom is 0.253 e. The average Bonchev–Trinajstić information content (AvgIpc) is 2.94. The largest absolute Gasteiger partial charge is 0.393 e. The van der Waals surface area contributed by atoms with Crippen LogP contribution >= 0.6 is 0 Å². The minimum Gasteiger partial charge on any atom is -0.393 e. The molecule has 20 heavy (non-hydrogen) atoms. The molecular weight excluding hydrogens is 252 g/mol. The maximum atomic E-state index is 12.3. The van der Waals surface area contributed by atoms with Gasteiger partial charge in [0, 0.05) is 18.1 Å². The Morgan fingerprint density at radius 1 is 1.25 bits per heavy atom. The van der Waals surface area contributed by atoms with Gasteiger partial charge in [-0.15, -0.1) is 0 Å². The molecule has 1 aromatic carbocycles. The number of benzene rings is 1. The van der Waals surface area contributed by atoms with E-state index < -0.39 is 0 Å². The second-order valence-electron chi connectivity index (χ2n) is 5.63. The van der Waals surface area contributed by atoms with Gasteiger partial charge in [-0.05, 0) is 43.7 Å². The fraction of sp³-hybridized carbons (Fsp3) is 0.438. The van der Waals surface area contributed by atoms with Crippen LogP contribution in [-0.2, 0) is 0 Å². The van der Waals surface area contributed by atoms with Gasteiger partial charge in [0.2, 0.25) is 0 Å². The Morgan fingerprint density at radius 3 is 2.85 bits per heavy atom. The van der Waals surface area contributed by atoms with E-state index in [9.17, 15) is 9.90 Å². The highest BCUT2D eigenvalue weighted by molar-refractivity contribution is 6.05. The van der Waals surface area contributed by atoms with Crippen LogP contribution < -0.4 is 5.32 Å². The molecular formula is C16H20N2O2. The summed E-state index contributed by atoms with van der Waals surface area (Å²) in [7, 11) is 0. The zero-order valence-corrected chi connectivity index (χ0v) is 11.4. The van der Waals surface area contributed by atoms with Gasteiger partial charge in [0.1, 0.15) is 0 Å². The number of aromatic nitrogens is 1. The second-order valence-corrected chi connectivity index (χ2v) is 5.63. The first-order valence-electron chi connectivity index (χ1n) is 7.26. The molecule has 0 bridgehead atoms. The SMILES string of the molecule is O=C(NCC1CCC(O)CC1)c1cccc2cc[nH]c12. The van der Waals surface area contributed by atoms with Gasteiger partial charge in [-0.2, -0.15) is 0 Å². The summed E-state index contributed by atoms with van der Waals surface area (Å²) in [5.41, 5.74) is 1.59. The van der Waals surface area contributed by atoms with Crippen molar-refractivity contribution in [2.45, 2.75) is 31.8 Å². The summed E-state index contributed by atoms with van der Waals surface area (Å²) in [4.78, 5) is 15.4. The molecule has 3 N–H and O–H groups in total. The van der Waals surface area contributed by atoms with Crippen molar-refractivity contribution in [3.05, 3.63) is 36.0 Å². The maximum absolute atomic E-state index is 12.3. The van der Waals surface area contributed by atoms with E-state index in [1.165, 1.54) is 0 Å². The van der Waals surface area contributed by atoms with Crippen molar-refractivity contribution in [1.82, 2.24) is 10.3 Å². The normalized spacial score (nSPS) is 22.9. The van der Waals surface area contributed by atoms with Gasteiger partial charge in [0.15, 0.2) is 0 Å². The van der Waals surface area contributed by atoms with E-state index >= 15 is 0 Å². The van der Waals surface area contributed by atoms with Gasteiger partial charge in [0.25, 0.3) is 5.91 Å². The van der Waals surface area contributed by atoms with Crippen LogP contribution in [-0.4, -0.2) is 28.6 Å². The minimum atomic E-state index is -0.144. The van der Waals surface area contributed by atoms with E-state index in [2.05, 4.69) is 10.3 Å². The smallest absolute Gasteiger partial charge is 0.253 e. The highest BCUT2D eigenvalue weighted by atomic mass is 16.3. The lowest BCUT2D eigenvalue weighted by Gasteiger charge is -2.25. The lowest BCUT2D eigenvalue weighted by Crippen LogP contribution is -2.32. The highest BCUT2D eigenvalue weighted by Crippen LogP contribution is 2.23. The molecule has 0 unspecified atom stereocenters. The zero-order valence-electron chi connectivity index (χ0n) is 11.4. The van der Waals surface area contributed by atoms with Crippen LogP contribution in [0.3, 0.4) is 0 Å². The number of rotatable bonds is 3. The standard InChI is InChI=1S/C16H20N2O2/c19-13-6-4-11(5-7-13)10-18-16(20)14-3-1-2-12-8-9-17-15(12)14/h1-3,8-9,11,13,17,19H,4-7,10H2,(H,18,20). The molecule has 3 rings (SSSR count). The van der Waals surface area contributed by atoms with E-state index in [1.807, 2.05) is 30.5 Å². The van der Waals surface area contributed by atoms with Crippen LogP contribution in [0.25, 0.3) is 10.9 Å². The number of aliphatic hydroxyl groups is 1. The molecule has 4 heteroatoms. The number of aromatic amines is 1. The zero-order chi connectivity index (χ0) is 13.9. The fourth-order valence-corrected chi connectivity index (χ4v) is 2.96. The molecule has 0 atom stereocenters. The third-order valence-corrected chi connectivity index (χ3v) is 4.20. The van der Waals surface area contributed by atoms with E-state index in [-0.39, 0.29) is 12.0 Å². The molecule has 0 spiro atoms. The summed E-state index contributed by atoms with van der Waals surface area (Å²) in [5, 5.41) is 13.6. The number of fused-ring (bicyclic) bond motifs is 1. The predicted molar refractivity (Wildman–Crippen MR) is 78.6 cm³/mol. The highest BCUT2D eigenvalue weighted by Gasteiger charge is 2.20. The number of hydrogen-bond donors (Lipinski definition) is 3. The molecule has 1 fully saturated rings. The Hall–Kier alpha value is -1.81. The number of H-pyrrole nitrogens is 1. The topological polar surface area (TPSA) is 65.1 Å². The fourth-order valence-electron chi connectivity index (χ4n) is 2.96. The molecule has 1 heterocycles. The Kier molecular flexibility index (Phi) is 3.74. The van der Waals surface area contributed by atoms with E-state index in [0.29, 0.717) is 18.0 Å². The molecule has 1 amide bonds. The molecule has 1 aliphatic rings. The van der Waals surface area contributed by atoms with Crippen LogP contribution in [0.2, 0.25) is 0 Å². The molecule has 106 valence electrons. The molecule has 1 aliphatic carbocycles. The van der Waals surface area contributed by atoms with Crippen molar-refractivity contribution < 1.29 is 9.90 Å². The number of para-hydroxylation sites is 1. The number of aliphatic hydroxyl groups excluding tert-OH is 1. The van der Waals surface area contributed by atoms with Crippen molar-refractivity contribution in [3.8, 4) is 0 Å². The summed E-state index contributed by atoms with van der Waals surface area (Å²) in [6, 6.07) is 7.71. The number of amides is 1. The predicted octanol–water partition coefficient (Wildman–Crippen LogP) is 2.45. The molecule has 0 aliphatic heterocycles. The first kappa shape index (κ1) is 13.2. The van der Waals surface area contributed by atoms with Gasteiger partial charge in [-0.25, -0.2) is 0 Å². The van der Waals surface area contributed by atoms with Crippen molar-refractivity contribution in [1.29, 1.82) is 0 Å². The van der Waals surface area contributed by atoms with Gasteiger partial charge in [-0.1, -0.05) is 12.1 Å². The van der Waals surface area contributed by atoms with Crippen molar-refractivity contribution in [2.75, 3.05) is 6.54 Å². The van der Waals surface area contributed by atoms with Gasteiger partial charge >= 0.3 is 0 Å². The number of carbonyl (C=O) groups is 1. The summed E-state index contributed by atoms with van der Waals surface area (Å²) >= 11 is 0. The van der Waals surface area contributed by atoms with Crippen LogP contribution in [0.5, 0.6) is 0 Å². The van der Waals surface area contributed by atoms with E-state index in [4.69, 9.17) is 0 Å². The minimum absolute atomic E-state index is 0.0239. The van der Waals surface area contributed by atoms with Crippen LogP contribution in [0.4, 0.5) is 0 Å². The first-order chi connectivity index (χ1) is 9.74. The Labute approximate surface area is 118 Å². The van der Waals surface area contributed by atoms with Crippen molar-refractivity contribution in [3.63, 3.8) is 0 Å². The number of hydrogen-bond acceptors (Lipinski definition) is 2. The molecule has 2 aromatic rings. The average molecular weight is 272 g/mol. The van der Waals surface area contributed by atoms with Gasteiger partial charge in [-0.3, -0.25) is 4.79 Å². The summed E-state index contributed by atoms with van der Waals surface area (Å²) in [5.74, 6) is 0.467. The van der Waals surface area contributed by atoms with Gasteiger partial charge in [0.05, 0.1) is 17.2 Å². The van der Waals surface area contributed by atoms with Crippen molar-refractivity contribution in [2.24, 2.45) is 5.92 Å². The van der Waals surface area contributed by atoms with Gasteiger partial charge < -0.3 is 15.4 Å². The monoisotopic (exact) mass is 272 g/mol. The summed E-state index contributed by atoms with van der Waals surface area (Å²) < 4.78 is 0. The van der Waals surface area contributed by atoms with Crippen LogP contribution in [0.15, 0.2) is 30.5 Å². The Bertz CT molecular complexity index is 597. The molecule has 0 saturated heterocycles. The third-order valence-electron chi connectivity index (χ3n) is 4.20. The molecule has 1 saturated carbocycles. The summed E-state index contributed by atoms with van der Waals surface area (Å²) in [6.45, 7) is 0.697. The van der Waals surface area contributed by atoms with Crippen LogP contribution in [0, 0.1) is 5.92 Å². The lowest BCUT2D eigenvalue weighted by atomic mass is 9.87. The van der Waals surface area contributed by atoms with E-state index in [0.717, 1.165) is 36.6 Å². The van der Waals surface area contributed by atoms with Crippen LogP contribution in [0.1, 0.15) is 36.0 Å². The molecule has 0 radical (unpaired) electrons. The number of nitrogens with one attached hydrogen (secondary N) is 2. The van der Waals surface area contributed by atoms with E-state index in [1.54, 1.807) is 0 Å².